The molecular formula is C9H20N2O3S. The third-order valence-corrected chi connectivity index (χ3v) is 3.63. The van der Waals surface area contributed by atoms with E-state index in [4.69, 9.17) is 0 Å². The van der Waals surface area contributed by atoms with Gasteiger partial charge in [-0.1, -0.05) is 7.43 Å². The lowest BCUT2D eigenvalue weighted by Crippen LogP contribution is -2.45. The molecule has 0 radical (unpaired) electrons. The summed E-state index contributed by atoms with van der Waals surface area (Å²) in [7, 11) is -3.06. The van der Waals surface area contributed by atoms with Crippen molar-refractivity contribution in [3.05, 3.63) is 0 Å². The lowest BCUT2D eigenvalue weighted by atomic mass is 10.1. The van der Waals surface area contributed by atoms with Crippen LogP contribution in [0.25, 0.3) is 0 Å². The number of amides is 1. The topological polar surface area (TPSA) is 66.5 Å². The van der Waals surface area contributed by atoms with Crippen LogP contribution in [0.4, 0.5) is 0 Å². The zero-order valence-corrected chi connectivity index (χ0v) is 9.30. The number of carbonyl (C=O) groups excluding carboxylic acids is 1. The Labute approximate surface area is 91.9 Å². The molecule has 90 valence electrons. The lowest BCUT2D eigenvalue weighted by molar-refractivity contribution is -0.119. The van der Waals surface area contributed by atoms with Crippen molar-refractivity contribution in [3.63, 3.8) is 0 Å². The van der Waals surface area contributed by atoms with Crippen molar-refractivity contribution in [1.82, 2.24) is 9.62 Å². The van der Waals surface area contributed by atoms with E-state index in [0.717, 1.165) is 0 Å². The summed E-state index contributed by atoms with van der Waals surface area (Å²) < 4.78 is 23.8. The van der Waals surface area contributed by atoms with E-state index >= 15 is 0 Å². The van der Waals surface area contributed by atoms with Crippen LogP contribution in [0.1, 0.15) is 27.2 Å². The van der Waals surface area contributed by atoms with E-state index in [1.807, 2.05) is 0 Å². The average molecular weight is 236 g/mol. The van der Waals surface area contributed by atoms with E-state index < -0.39 is 10.0 Å². The molecule has 0 saturated carbocycles. The van der Waals surface area contributed by atoms with Crippen molar-refractivity contribution >= 4 is 15.9 Å². The van der Waals surface area contributed by atoms with E-state index in [-0.39, 0.29) is 19.4 Å². The van der Waals surface area contributed by atoms with Gasteiger partial charge in [-0.05, 0) is 12.8 Å². The predicted octanol–water partition coefficient (Wildman–Crippen LogP) is 0.183. The summed E-state index contributed by atoms with van der Waals surface area (Å²) in [6, 6.07) is 0.130. The first-order valence-corrected chi connectivity index (χ1v) is 6.46. The SMILES string of the molecule is C.CC(=O)NC1CCN(S(C)(=O)=O)CC1. The van der Waals surface area contributed by atoms with Gasteiger partial charge in [0, 0.05) is 26.1 Å². The normalized spacial score (nSPS) is 19.3. The molecule has 0 aromatic carbocycles. The van der Waals surface area contributed by atoms with Gasteiger partial charge in [-0.2, -0.15) is 0 Å². The monoisotopic (exact) mass is 236 g/mol. The average Bonchev–Trinajstić information content (AvgIpc) is 2.02. The highest BCUT2D eigenvalue weighted by atomic mass is 32.2. The molecule has 1 rings (SSSR count). The molecule has 0 aromatic heterocycles. The number of nitrogens with one attached hydrogen (secondary N) is 1. The van der Waals surface area contributed by atoms with Crippen LogP contribution in [0.3, 0.4) is 0 Å². The Balaban J connectivity index is 0.00000196. The van der Waals surface area contributed by atoms with Crippen LogP contribution in [-0.2, 0) is 14.8 Å². The Bertz CT molecular complexity index is 305. The fourth-order valence-electron chi connectivity index (χ4n) is 1.62. The first-order valence-electron chi connectivity index (χ1n) is 4.62. The van der Waals surface area contributed by atoms with E-state index in [1.54, 1.807) is 0 Å². The van der Waals surface area contributed by atoms with Crippen LogP contribution >= 0.6 is 0 Å². The minimum absolute atomic E-state index is 0. The summed E-state index contributed by atoms with van der Waals surface area (Å²) in [6.07, 6.45) is 2.62. The minimum Gasteiger partial charge on any atom is -0.354 e. The van der Waals surface area contributed by atoms with E-state index in [0.29, 0.717) is 25.9 Å². The largest absolute Gasteiger partial charge is 0.354 e. The second-order valence-corrected chi connectivity index (χ2v) is 5.62. The van der Waals surface area contributed by atoms with Crippen LogP contribution in [0, 0.1) is 0 Å². The highest BCUT2D eigenvalue weighted by Crippen LogP contribution is 2.12. The molecule has 0 unspecified atom stereocenters. The molecule has 0 spiro atoms. The van der Waals surface area contributed by atoms with Gasteiger partial charge < -0.3 is 5.32 Å². The number of sulfonamides is 1. The summed E-state index contributed by atoms with van der Waals surface area (Å²) in [5, 5.41) is 2.79. The number of piperidine rings is 1. The number of carbonyl (C=O) groups is 1. The lowest BCUT2D eigenvalue weighted by Gasteiger charge is -2.30. The molecule has 5 nitrogen and oxygen atoms in total. The van der Waals surface area contributed by atoms with Gasteiger partial charge in [0.2, 0.25) is 15.9 Å². The minimum atomic E-state index is -3.06. The molecule has 1 amide bonds. The van der Waals surface area contributed by atoms with Gasteiger partial charge in [0.15, 0.2) is 0 Å². The molecule has 0 atom stereocenters. The van der Waals surface area contributed by atoms with Gasteiger partial charge in [0.25, 0.3) is 0 Å². The van der Waals surface area contributed by atoms with Gasteiger partial charge in [0.05, 0.1) is 6.26 Å². The molecule has 1 aliphatic rings. The smallest absolute Gasteiger partial charge is 0.217 e. The van der Waals surface area contributed by atoms with Crippen molar-refractivity contribution in [3.8, 4) is 0 Å². The number of nitrogens with zero attached hydrogens (tertiary/aromatic N) is 1. The standard InChI is InChI=1S/C8H16N2O3S.CH4/c1-7(11)9-8-3-5-10(6-4-8)14(2,12)13;/h8H,3-6H2,1-2H3,(H,9,11);1H4. The highest BCUT2D eigenvalue weighted by molar-refractivity contribution is 7.88. The molecule has 6 heteroatoms. The van der Waals surface area contributed by atoms with Gasteiger partial charge in [-0.25, -0.2) is 12.7 Å². The van der Waals surface area contributed by atoms with E-state index in [2.05, 4.69) is 5.32 Å². The third-order valence-electron chi connectivity index (χ3n) is 2.33. The van der Waals surface area contributed by atoms with Crippen LogP contribution in [0.2, 0.25) is 0 Å². The van der Waals surface area contributed by atoms with Crippen molar-refractivity contribution < 1.29 is 13.2 Å². The Morgan fingerprint density at radius 3 is 2.13 bits per heavy atom. The first kappa shape index (κ1) is 14.4. The Hall–Kier alpha value is -0.620. The van der Waals surface area contributed by atoms with Crippen LogP contribution in [-0.4, -0.2) is 44.0 Å². The molecule has 1 heterocycles. The fraction of sp³-hybridized carbons (Fsp3) is 0.889. The second-order valence-electron chi connectivity index (χ2n) is 3.64. The molecule has 15 heavy (non-hydrogen) atoms. The highest BCUT2D eigenvalue weighted by Gasteiger charge is 2.24. The van der Waals surface area contributed by atoms with Gasteiger partial charge in [0.1, 0.15) is 0 Å². The number of hydrogen-bond acceptors (Lipinski definition) is 3. The van der Waals surface area contributed by atoms with Crippen LogP contribution in [0.5, 0.6) is 0 Å². The van der Waals surface area contributed by atoms with Gasteiger partial charge in [-0.15, -0.1) is 0 Å². The molecule has 1 aliphatic heterocycles. The van der Waals surface area contributed by atoms with Crippen LogP contribution in [0.15, 0.2) is 0 Å². The molecule has 1 fully saturated rings. The number of rotatable bonds is 2. The third kappa shape index (κ3) is 4.61. The summed E-state index contributed by atoms with van der Waals surface area (Å²) in [4.78, 5) is 10.7. The Kier molecular flexibility index (Phi) is 5.23. The summed E-state index contributed by atoms with van der Waals surface area (Å²) in [5.74, 6) is -0.0530. The Morgan fingerprint density at radius 2 is 1.80 bits per heavy atom. The second kappa shape index (κ2) is 5.46. The van der Waals surface area contributed by atoms with E-state index in [1.165, 1.54) is 17.5 Å². The van der Waals surface area contributed by atoms with Crippen molar-refractivity contribution in [1.29, 1.82) is 0 Å². The van der Waals surface area contributed by atoms with Crippen molar-refractivity contribution in [2.24, 2.45) is 0 Å². The van der Waals surface area contributed by atoms with Crippen molar-refractivity contribution in [2.45, 2.75) is 33.2 Å². The molecular weight excluding hydrogens is 216 g/mol. The van der Waals surface area contributed by atoms with Gasteiger partial charge in [-0.3, -0.25) is 4.79 Å². The maximum atomic E-state index is 11.2. The molecule has 0 aliphatic carbocycles. The fourth-order valence-corrected chi connectivity index (χ4v) is 2.49. The molecule has 0 bridgehead atoms. The maximum Gasteiger partial charge on any atom is 0.217 e. The molecule has 1 saturated heterocycles. The van der Waals surface area contributed by atoms with Gasteiger partial charge >= 0.3 is 0 Å². The number of hydrogen-bond donors (Lipinski definition) is 1. The van der Waals surface area contributed by atoms with Crippen molar-refractivity contribution in [2.75, 3.05) is 19.3 Å². The Morgan fingerprint density at radius 1 is 1.33 bits per heavy atom. The van der Waals surface area contributed by atoms with E-state index in [9.17, 15) is 13.2 Å². The molecule has 1 N–H and O–H groups in total. The summed E-state index contributed by atoms with van der Waals surface area (Å²) >= 11 is 0. The quantitative estimate of drug-likeness (QED) is 0.744. The zero-order chi connectivity index (χ0) is 10.8. The van der Waals surface area contributed by atoms with Crippen LogP contribution < -0.4 is 5.32 Å². The maximum absolute atomic E-state index is 11.2. The first-order chi connectivity index (χ1) is 6.39. The summed E-state index contributed by atoms with van der Waals surface area (Å²) in [5.41, 5.74) is 0. The predicted molar refractivity (Wildman–Crippen MR) is 60.0 cm³/mol. The molecule has 0 aromatic rings. The summed E-state index contributed by atoms with van der Waals surface area (Å²) in [6.45, 7) is 2.48. The zero-order valence-electron chi connectivity index (χ0n) is 8.49.